The van der Waals surface area contributed by atoms with E-state index in [9.17, 15) is 13.2 Å². The van der Waals surface area contributed by atoms with Gasteiger partial charge in [0.25, 0.3) is 0 Å². The Bertz CT molecular complexity index is 672. The van der Waals surface area contributed by atoms with Crippen molar-refractivity contribution in [2.45, 2.75) is 6.54 Å². The molecule has 0 fully saturated rings. The average molecular weight is 297 g/mol. The van der Waals surface area contributed by atoms with Crippen molar-refractivity contribution in [3.8, 4) is 6.07 Å². The van der Waals surface area contributed by atoms with Gasteiger partial charge >= 0.3 is 0 Å². The Morgan fingerprint density at radius 3 is 2.50 bits per heavy atom. The highest BCUT2D eigenvalue weighted by molar-refractivity contribution is 6.33. The minimum atomic E-state index is -0.822. The summed E-state index contributed by atoms with van der Waals surface area (Å²) in [5.74, 6) is -2.22. The second-order valence-corrected chi connectivity index (χ2v) is 4.43. The second kappa shape index (κ2) is 5.85. The molecule has 0 saturated carbocycles. The maximum absolute atomic E-state index is 13.5. The van der Waals surface area contributed by atoms with Crippen LogP contribution < -0.4 is 5.32 Å². The molecule has 2 rings (SSSR count). The van der Waals surface area contributed by atoms with Gasteiger partial charge in [-0.3, -0.25) is 0 Å². The van der Waals surface area contributed by atoms with Gasteiger partial charge in [0.1, 0.15) is 17.7 Å². The third-order valence-corrected chi connectivity index (χ3v) is 2.93. The standard InChI is InChI=1S/C14H8ClF3N2/c15-11-4-10(16)5-13(18)14(11)20-7-8-1-2-12(17)9(3-8)6-19/h1-5,20H,7H2. The lowest BCUT2D eigenvalue weighted by Gasteiger charge is -2.10. The van der Waals surface area contributed by atoms with Crippen molar-refractivity contribution in [3.63, 3.8) is 0 Å². The molecule has 0 atom stereocenters. The van der Waals surface area contributed by atoms with Gasteiger partial charge in [0.2, 0.25) is 0 Å². The normalized spacial score (nSPS) is 10.2. The number of nitriles is 1. The third-order valence-electron chi connectivity index (χ3n) is 2.63. The van der Waals surface area contributed by atoms with E-state index >= 15 is 0 Å². The van der Waals surface area contributed by atoms with Gasteiger partial charge in [0.05, 0.1) is 16.3 Å². The van der Waals surface area contributed by atoms with Crippen molar-refractivity contribution >= 4 is 17.3 Å². The predicted octanol–water partition coefficient (Wildman–Crippen LogP) is 4.24. The molecule has 2 aromatic carbocycles. The molecule has 0 heterocycles. The van der Waals surface area contributed by atoms with Crippen LogP contribution in [-0.4, -0.2) is 0 Å². The van der Waals surface area contributed by atoms with Crippen molar-refractivity contribution in [2.24, 2.45) is 0 Å². The lowest BCUT2D eigenvalue weighted by Crippen LogP contribution is -2.03. The summed E-state index contributed by atoms with van der Waals surface area (Å²) in [5, 5.41) is 11.3. The van der Waals surface area contributed by atoms with Crippen molar-refractivity contribution in [1.29, 1.82) is 5.26 Å². The third kappa shape index (κ3) is 3.03. The fraction of sp³-hybridized carbons (Fsp3) is 0.0714. The minimum Gasteiger partial charge on any atom is -0.377 e. The van der Waals surface area contributed by atoms with Crippen molar-refractivity contribution in [3.05, 3.63) is 63.9 Å². The largest absolute Gasteiger partial charge is 0.377 e. The molecule has 20 heavy (non-hydrogen) atoms. The van der Waals surface area contributed by atoms with E-state index in [1.807, 2.05) is 0 Å². The summed E-state index contributed by atoms with van der Waals surface area (Å²) in [4.78, 5) is 0. The Kier molecular flexibility index (Phi) is 4.16. The number of benzene rings is 2. The number of hydrogen-bond donors (Lipinski definition) is 1. The zero-order chi connectivity index (χ0) is 14.7. The summed E-state index contributed by atoms with van der Waals surface area (Å²) in [6, 6.07) is 7.36. The van der Waals surface area contributed by atoms with Crippen LogP contribution >= 0.6 is 11.6 Å². The van der Waals surface area contributed by atoms with Gasteiger partial charge in [-0.2, -0.15) is 5.26 Å². The molecule has 0 unspecified atom stereocenters. The van der Waals surface area contributed by atoms with Crippen LogP contribution in [0.1, 0.15) is 11.1 Å². The number of nitrogens with one attached hydrogen (secondary N) is 1. The van der Waals surface area contributed by atoms with Gasteiger partial charge in [0.15, 0.2) is 5.82 Å². The van der Waals surface area contributed by atoms with Gasteiger partial charge in [-0.1, -0.05) is 17.7 Å². The SMILES string of the molecule is N#Cc1cc(CNc2c(F)cc(F)cc2Cl)ccc1F. The van der Waals surface area contributed by atoms with Crippen LogP contribution in [-0.2, 0) is 6.54 Å². The van der Waals surface area contributed by atoms with E-state index in [4.69, 9.17) is 16.9 Å². The highest BCUT2D eigenvalue weighted by Crippen LogP contribution is 2.27. The maximum atomic E-state index is 13.5. The van der Waals surface area contributed by atoms with Crippen LogP contribution in [0.25, 0.3) is 0 Å². The van der Waals surface area contributed by atoms with E-state index in [2.05, 4.69) is 5.32 Å². The van der Waals surface area contributed by atoms with Crippen LogP contribution in [0.15, 0.2) is 30.3 Å². The smallest absolute Gasteiger partial charge is 0.150 e. The first-order chi connectivity index (χ1) is 9.51. The lowest BCUT2D eigenvalue weighted by molar-refractivity contribution is 0.585. The Balaban J connectivity index is 2.20. The summed E-state index contributed by atoms with van der Waals surface area (Å²) >= 11 is 5.73. The molecule has 0 amide bonds. The highest BCUT2D eigenvalue weighted by Gasteiger charge is 2.10. The molecule has 0 aliphatic rings. The van der Waals surface area contributed by atoms with Crippen LogP contribution in [0.2, 0.25) is 5.02 Å². The first-order valence-corrected chi connectivity index (χ1v) is 5.96. The maximum Gasteiger partial charge on any atom is 0.150 e. The molecule has 102 valence electrons. The molecule has 2 nitrogen and oxygen atoms in total. The van der Waals surface area contributed by atoms with E-state index < -0.39 is 17.5 Å². The van der Waals surface area contributed by atoms with Crippen molar-refractivity contribution in [2.75, 3.05) is 5.32 Å². The molecular weight excluding hydrogens is 289 g/mol. The summed E-state index contributed by atoms with van der Waals surface area (Å²) < 4.78 is 39.5. The molecule has 6 heteroatoms. The molecule has 2 aromatic rings. The van der Waals surface area contributed by atoms with Crippen LogP contribution in [0.3, 0.4) is 0 Å². The van der Waals surface area contributed by atoms with Gasteiger partial charge in [-0.25, -0.2) is 13.2 Å². The lowest BCUT2D eigenvalue weighted by atomic mass is 10.1. The van der Waals surface area contributed by atoms with Gasteiger partial charge in [-0.05, 0) is 23.8 Å². The summed E-state index contributed by atoms with van der Waals surface area (Å²) in [7, 11) is 0. The molecule has 0 aliphatic heterocycles. The second-order valence-electron chi connectivity index (χ2n) is 4.02. The number of nitrogens with zero attached hydrogens (tertiary/aromatic N) is 1. The number of halogens is 4. The summed E-state index contributed by atoms with van der Waals surface area (Å²) in [6.45, 7) is 0.122. The number of hydrogen-bond acceptors (Lipinski definition) is 2. The Labute approximate surface area is 118 Å². The molecule has 0 aliphatic carbocycles. The fourth-order valence-corrected chi connectivity index (χ4v) is 1.93. The topological polar surface area (TPSA) is 35.8 Å². The fourth-order valence-electron chi connectivity index (χ4n) is 1.67. The monoisotopic (exact) mass is 296 g/mol. The van der Waals surface area contributed by atoms with Crippen molar-refractivity contribution in [1.82, 2.24) is 0 Å². The van der Waals surface area contributed by atoms with Crippen LogP contribution in [0.4, 0.5) is 18.9 Å². The number of anilines is 1. The first kappa shape index (κ1) is 14.2. The van der Waals surface area contributed by atoms with Gasteiger partial charge in [-0.15, -0.1) is 0 Å². The summed E-state index contributed by atoms with van der Waals surface area (Å²) in [5.41, 5.74) is 0.425. The van der Waals surface area contributed by atoms with Gasteiger partial charge < -0.3 is 5.32 Å². The quantitative estimate of drug-likeness (QED) is 0.919. The molecule has 0 bridgehead atoms. The average Bonchev–Trinajstić information content (AvgIpc) is 2.39. The van der Waals surface area contributed by atoms with E-state index in [1.54, 1.807) is 6.07 Å². The molecule has 0 spiro atoms. The first-order valence-electron chi connectivity index (χ1n) is 5.58. The number of rotatable bonds is 3. The Morgan fingerprint density at radius 1 is 1.10 bits per heavy atom. The van der Waals surface area contributed by atoms with Gasteiger partial charge in [0, 0.05) is 12.6 Å². The van der Waals surface area contributed by atoms with E-state index in [1.165, 1.54) is 12.1 Å². The van der Waals surface area contributed by atoms with E-state index in [0.717, 1.165) is 12.1 Å². The zero-order valence-electron chi connectivity index (χ0n) is 10.1. The Hall–Kier alpha value is -2.19. The Morgan fingerprint density at radius 2 is 1.85 bits per heavy atom. The van der Waals surface area contributed by atoms with E-state index in [-0.39, 0.29) is 22.8 Å². The molecular formula is C14H8ClF3N2. The van der Waals surface area contributed by atoms with Crippen LogP contribution in [0.5, 0.6) is 0 Å². The van der Waals surface area contributed by atoms with E-state index in [0.29, 0.717) is 11.6 Å². The summed E-state index contributed by atoms with van der Waals surface area (Å²) in [6.07, 6.45) is 0. The zero-order valence-corrected chi connectivity index (χ0v) is 10.8. The van der Waals surface area contributed by atoms with Crippen LogP contribution in [0, 0.1) is 28.8 Å². The molecule has 0 saturated heterocycles. The molecule has 0 aromatic heterocycles. The van der Waals surface area contributed by atoms with Crippen molar-refractivity contribution < 1.29 is 13.2 Å². The molecule has 1 N–H and O–H groups in total. The minimum absolute atomic E-state index is 0.0455. The predicted molar refractivity (Wildman–Crippen MR) is 69.8 cm³/mol. The highest BCUT2D eigenvalue weighted by atomic mass is 35.5. The molecule has 0 radical (unpaired) electrons.